The summed E-state index contributed by atoms with van der Waals surface area (Å²) in [6, 6.07) is 39.9. The predicted molar refractivity (Wildman–Crippen MR) is 261 cm³/mol. The van der Waals surface area contributed by atoms with Crippen molar-refractivity contribution in [3.05, 3.63) is 162 Å². The molecule has 0 spiro atoms. The van der Waals surface area contributed by atoms with Crippen LogP contribution in [0.3, 0.4) is 0 Å². The summed E-state index contributed by atoms with van der Waals surface area (Å²) < 4.78 is 26.8. The van der Waals surface area contributed by atoms with Crippen LogP contribution in [0.25, 0.3) is 10.8 Å². The van der Waals surface area contributed by atoms with Gasteiger partial charge in [0.05, 0.1) is 38.5 Å². The maximum Gasteiger partial charge on any atom is 0.410 e. The zero-order valence-corrected chi connectivity index (χ0v) is 38.7. The molecule has 0 unspecified atom stereocenters. The van der Waals surface area contributed by atoms with Gasteiger partial charge >= 0.3 is 6.09 Å². The number of carbonyl (C=O) groups excluding carboxylic acids is 1. The Balaban J connectivity index is 1.29. The van der Waals surface area contributed by atoms with E-state index < -0.39 is 23.8 Å². The first kappa shape index (κ1) is 46.9. The molecule has 1 heterocycles. The van der Waals surface area contributed by atoms with Crippen LogP contribution in [-0.2, 0) is 27.5 Å². The minimum atomic E-state index is -1.44. The molecular weight excluding hydrogens is 849 g/mol. The van der Waals surface area contributed by atoms with Crippen molar-refractivity contribution in [1.29, 1.82) is 0 Å². The van der Waals surface area contributed by atoms with Gasteiger partial charge in [-0.1, -0.05) is 121 Å². The highest BCUT2D eigenvalue weighted by Gasteiger charge is 2.65. The number of allylic oxidation sites excluding steroid dienone is 1. The van der Waals surface area contributed by atoms with Crippen molar-refractivity contribution in [3.8, 4) is 11.5 Å². The number of fused-ring (bicyclic) bond motifs is 3. The van der Waals surface area contributed by atoms with Gasteiger partial charge in [0.2, 0.25) is 5.79 Å². The lowest BCUT2D eigenvalue weighted by Gasteiger charge is -2.59. The zero-order chi connectivity index (χ0) is 45.7. The number of oxime groups is 1. The van der Waals surface area contributed by atoms with Crippen LogP contribution in [-0.4, -0.2) is 78.0 Å². The van der Waals surface area contributed by atoms with E-state index in [4.69, 9.17) is 28.9 Å². The Labute approximate surface area is 393 Å². The molecule has 5 aromatic rings. The molecule has 66 heavy (non-hydrogen) atoms. The Kier molecular flexibility index (Phi) is 16.2. The van der Waals surface area contributed by atoms with Gasteiger partial charge in [0.25, 0.3) is 0 Å². The van der Waals surface area contributed by atoms with Gasteiger partial charge in [-0.15, -0.1) is 18.3 Å². The van der Waals surface area contributed by atoms with E-state index in [1.54, 1.807) is 22.7 Å². The molecule has 3 aliphatic rings. The summed E-state index contributed by atoms with van der Waals surface area (Å²) in [6.45, 7) is 5.43. The van der Waals surface area contributed by atoms with E-state index in [9.17, 15) is 15.0 Å². The number of rotatable bonds is 22. The lowest BCUT2D eigenvalue weighted by molar-refractivity contribution is -0.256. The second-order valence-corrected chi connectivity index (χ2v) is 18.4. The number of ether oxygens (including phenoxy) is 4. The van der Waals surface area contributed by atoms with Gasteiger partial charge < -0.3 is 34.0 Å². The number of aliphatic hydroxyl groups is 2. The summed E-state index contributed by atoms with van der Waals surface area (Å²) in [7, 11) is 1.41. The van der Waals surface area contributed by atoms with Crippen LogP contribution in [0.15, 0.2) is 156 Å². The summed E-state index contributed by atoms with van der Waals surface area (Å²) in [5.41, 5.74) is 4.62. The van der Waals surface area contributed by atoms with Crippen LogP contribution in [0.5, 0.6) is 11.5 Å². The molecule has 5 aromatic carbocycles. The van der Waals surface area contributed by atoms with Crippen molar-refractivity contribution in [3.63, 3.8) is 0 Å². The van der Waals surface area contributed by atoms with Crippen LogP contribution < -0.4 is 9.47 Å². The Hall–Kier alpha value is -5.59. The molecule has 0 radical (unpaired) electrons. The smallest absolute Gasteiger partial charge is 0.410 e. The van der Waals surface area contributed by atoms with Crippen molar-refractivity contribution in [1.82, 2.24) is 4.90 Å². The number of methoxy groups -OCH3 is 1. The molecule has 1 fully saturated rings. The Morgan fingerprint density at radius 2 is 1.65 bits per heavy atom. The lowest BCUT2D eigenvalue weighted by Crippen LogP contribution is -2.70. The normalized spacial score (nSPS) is 22.4. The van der Waals surface area contributed by atoms with Crippen molar-refractivity contribution in [2.24, 2.45) is 22.9 Å². The molecule has 0 aromatic heterocycles. The first-order valence-electron chi connectivity index (χ1n) is 23.3. The predicted octanol–water partition coefficient (Wildman–Crippen LogP) is 11.1. The van der Waals surface area contributed by atoms with Gasteiger partial charge in [0.15, 0.2) is 0 Å². The molecule has 0 saturated heterocycles. The maximum absolute atomic E-state index is 14.6. The van der Waals surface area contributed by atoms with E-state index in [0.29, 0.717) is 30.9 Å². The van der Waals surface area contributed by atoms with Gasteiger partial charge in [-0.2, -0.15) is 0 Å². The average molecular weight is 911 g/mol. The first-order valence-corrected chi connectivity index (χ1v) is 24.3. The fraction of sp³-hybridized carbons (Fsp3) is 0.382. The summed E-state index contributed by atoms with van der Waals surface area (Å²) in [5.74, 6) is 0.228. The van der Waals surface area contributed by atoms with Crippen LogP contribution >= 0.6 is 11.8 Å². The van der Waals surface area contributed by atoms with Crippen LogP contribution in [0.2, 0.25) is 0 Å². The number of hydrogen-bond acceptors (Lipinski definition) is 10. The van der Waals surface area contributed by atoms with Crippen LogP contribution in [0, 0.1) is 17.8 Å². The molecule has 1 aliphatic heterocycles. The van der Waals surface area contributed by atoms with Gasteiger partial charge in [0, 0.05) is 41.8 Å². The molecule has 1 saturated carbocycles. The Morgan fingerprint density at radius 1 is 0.909 bits per heavy atom. The van der Waals surface area contributed by atoms with Crippen molar-refractivity contribution in [2.45, 2.75) is 80.7 Å². The number of thioether (sulfide) groups is 1. The van der Waals surface area contributed by atoms with Crippen molar-refractivity contribution in [2.75, 3.05) is 39.3 Å². The largest absolute Gasteiger partial charge is 0.493 e. The third-order valence-electron chi connectivity index (χ3n) is 13.3. The molecule has 8 rings (SSSR count). The van der Waals surface area contributed by atoms with Crippen molar-refractivity contribution >= 4 is 34.3 Å². The average Bonchev–Trinajstić information content (AvgIpc) is 3.35. The number of aliphatic hydroxyl groups excluding tert-OH is 2. The second kappa shape index (κ2) is 22.7. The lowest BCUT2D eigenvalue weighted by atomic mass is 9.55. The molecule has 346 valence electrons. The van der Waals surface area contributed by atoms with Gasteiger partial charge in [-0.3, -0.25) is 4.90 Å². The third kappa shape index (κ3) is 10.5. The fourth-order valence-corrected chi connectivity index (χ4v) is 11.1. The quantitative estimate of drug-likeness (QED) is 0.0303. The number of carbonyl (C=O) groups is 1. The molecule has 0 bridgehead atoms. The highest BCUT2D eigenvalue weighted by Crippen LogP contribution is 2.62. The van der Waals surface area contributed by atoms with Crippen LogP contribution in [0.4, 0.5) is 4.79 Å². The zero-order valence-electron chi connectivity index (χ0n) is 37.8. The molecule has 2 aliphatic carbocycles. The number of nitrogens with zero attached hydrogens (tertiary/aromatic N) is 2. The molecule has 1 amide bonds. The molecule has 2 N–H and O–H groups in total. The summed E-state index contributed by atoms with van der Waals surface area (Å²) in [6.07, 6.45) is 8.48. The maximum atomic E-state index is 14.6. The summed E-state index contributed by atoms with van der Waals surface area (Å²) in [5, 5.41) is 27.1. The number of amides is 1. The number of benzene rings is 5. The number of hydrogen-bond donors (Lipinski definition) is 2. The van der Waals surface area contributed by atoms with E-state index in [0.717, 1.165) is 70.2 Å². The minimum absolute atomic E-state index is 0.0668. The standard InChI is InChI=1S/C55H62N2O8S/c1-3-31-63-55-51(57(54(60)61-2)37-42-22-16-21-40-19-10-11-25-45(40)42)36-49(56-64-38-39-17-6-4-7-18-39)47-34-41(20-12-14-29-58)46(26-13-15-30-59)52(53(47)55)48-35-43(27-28-50(48)65-55)62-32-33-66-44-23-8-5-9-24-44/h3-11,16-19,21-25,27-28,34-35,41,46,51-53,58-59H,1,12-15,20,26,29-33,36-38H2,2H3/t41-,46+,51-,52+,53+,55+/m0/s1. The SMILES string of the molecule is C=CCO[C@@]12Oc3ccc(OCCSc4ccccc4)cc3[C@H]3[C@H](CCCCO)[C@@H](CCCCO)C=C(C(=NOCc4ccccc4)C[C@@H]1N(Cc1cccc4ccccc14)C(=O)OC)[C@H]32. The molecular formula is C55H62N2O8S. The van der Waals surface area contributed by atoms with Crippen molar-refractivity contribution < 1.29 is 38.8 Å². The van der Waals surface area contributed by atoms with Gasteiger partial charge in [-0.05, 0) is 95.3 Å². The van der Waals surface area contributed by atoms with E-state index in [1.807, 2.05) is 78.9 Å². The van der Waals surface area contributed by atoms with Gasteiger partial charge in [-0.25, -0.2) is 4.79 Å². The van der Waals surface area contributed by atoms with E-state index >= 15 is 0 Å². The first-order chi connectivity index (χ1) is 32.5. The number of unbranched alkanes of at least 4 members (excludes halogenated alkanes) is 2. The fourth-order valence-electron chi connectivity index (χ4n) is 10.4. The van der Waals surface area contributed by atoms with E-state index in [1.165, 1.54) is 12.0 Å². The molecule has 6 atom stereocenters. The topological polar surface area (TPSA) is 119 Å². The monoisotopic (exact) mass is 910 g/mol. The highest BCUT2D eigenvalue weighted by molar-refractivity contribution is 7.99. The molecule has 11 heteroatoms. The highest BCUT2D eigenvalue weighted by atomic mass is 32.2. The van der Waals surface area contributed by atoms with E-state index in [-0.39, 0.29) is 57.1 Å². The summed E-state index contributed by atoms with van der Waals surface area (Å²) in [4.78, 5) is 23.8. The summed E-state index contributed by atoms with van der Waals surface area (Å²) >= 11 is 1.75. The molecule has 10 nitrogen and oxygen atoms in total. The minimum Gasteiger partial charge on any atom is -0.493 e. The Bertz CT molecular complexity index is 2440. The van der Waals surface area contributed by atoms with Crippen LogP contribution in [0.1, 0.15) is 67.6 Å². The third-order valence-corrected chi connectivity index (χ3v) is 14.2. The van der Waals surface area contributed by atoms with E-state index in [2.05, 4.69) is 55.1 Å². The van der Waals surface area contributed by atoms with Gasteiger partial charge in [0.1, 0.15) is 24.1 Å². The second-order valence-electron chi connectivity index (χ2n) is 17.3. The Morgan fingerprint density at radius 3 is 2.42 bits per heavy atom.